The van der Waals surface area contributed by atoms with Gasteiger partial charge in [0.25, 0.3) is 0 Å². The molecule has 2 rings (SSSR count). The van der Waals surface area contributed by atoms with Gasteiger partial charge in [-0.25, -0.2) is 4.98 Å². The molecule has 0 saturated carbocycles. The van der Waals surface area contributed by atoms with Crippen molar-refractivity contribution in [2.75, 3.05) is 5.32 Å². The van der Waals surface area contributed by atoms with Crippen LogP contribution in [0.4, 0.5) is 5.82 Å². The molecule has 1 N–H and O–H groups in total. The van der Waals surface area contributed by atoms with E-state index in [4.69, 9.17) is 0 Å². The molecule has 0 aliphatic heterocycles. The fourth-order valence-corrected chi connectivity index (χ4v) is 2.21. The lowest BCUT2D eigenvalue weighted by atomic mass is 10.2. The average molecular weight is 246 g/mol. The highest BCUT2D eigenvalue weighted by Gasteiger charge is 2.05. The van der Waals surface area contributed by atoms with E-state index >= 15 is 0 Å². The topological polar surface area (TPSA) is 42.0 Å². The smallest absolute Gasteiger partial charge is 0.225 e. The Morgan fingerprint density at radius 2 is 2.35 bits per heavy atom. The quantitative estimate of drug-likeness (QED) is 0.901. The number of aromatic nitrogens is 1. The van der Waals surface area contributed by atoms with Gasteiger partial charge in [-0.15, -0.1) is 0 Å². The molecule has 0 aliphatic rings. The van der Waals surface area contributed by atoms with Gasteiger partial charge in [0, 0.05) is 12.6 Å². The van der Waals surface area contributed by atoms with Gasteiger partial charge in [-0.2, -0.15) is 11.3 Å². The highest BCUT2D eigenvalue weighted by molar-refractivity contribution is 7.07. The molecule has 1 amide bonds. The number of rotatable bonds is 4. The summed E-state index contributed by atoms with van der Waals surface area (Å²) in [4.78, 5) is 15.8. The third-order valence-corrected chi connectivity index (χ3v) is 3.22. The van der Waals surface area contributed by atoms with Crippen molar-refractivity contribution in [3.63, 3.8) is 0 Å². The van der Waals surface area contributed by atoms with E-state index in [1.807, 2.05) is 30.5 Å². The van der Waals surface area contributed by atoms with Crippen LogP contribution in [-0.4, -0.2) is 10.9 Å². The standard InChI is InChI=1S/C13H14N2OS/c1-10-3-2-7-14-13(10)15-12(16)5-4-11-6-8-17-9-11/h2-3,6-9H,4-5H2,1H3,(H,14,15,16). The molecule has 88 valence electrons. The van der Waals surface area contributed by atoms with Gasteiger partial charge in [-0.1, -0.05) is 6.07 Å². The second-order valence-electron chi connectivity index (χ2n) is 3.85. The first kappa shape index (κ1) is 11.8. The Kier molecular flexibility index (Phi) is 3.88. The van der Waals surface area contributed by atoms with E-state index in [2.05, 4.69) is 15.7 Å². The Labute approximate surface area is 105 Å². The monoisotopic (exact) mass is 246 g/mol. The minimum atomic E-state index is 0.0120. The summed E-state index contributed by atoms with van der Waals surface area (Å²) in [5.41, 5.74) is 2.19. The van der Waals surface area contributed by atoms with Gasteiger partial charge in [0.15, 0.2) is 0 Å². The Balaban J connectivity index is 1.87. The SMILES string of the molecule is Cc1cccnc1NC(=O)CCc1ccsc1. The maximum absolute atomic E-state index is 11.7. The van der Waals surface area contributed by atoms with E-state index < -0.39 is 0 Å². The van der Waals surface area contributed by atoms with Crippen molar-refractivity contribution in [1.29, 1.82) is 0 Å². The summed E-state index contributed by atoms with van der Waals surface area (Å²) in [5, 5.41) is 6.92. The summed E-state index contributed by atoms with van der Waals surface area (Å²) >= 11 is 1.65. The van der Waals surface area contributed by atoms with Crippen LogP contribution in [0.2, 0.25) is 0 Å². The number of hydrogen-bond donors (Lipinski definition) is 1. The second kappa shape index (κ2) is 5.59. The molecule has 0 unspecified atom stereocenters. The van der Waals surface area contributed by atoms with E-state index in [-0.39, 0.29) is 5.91 Å². The highest BCUT2D eigenvalue weighted by Crippen LogP contribution is 2.11. The van der Waals surface area contributed by atoms with Crippen molar-refractivity contribution in [3.05, 3.63) is 46.3 Å². The molecule has 0 aromatic carbocycles. The predicted octanol–water partition coefficient (Wildman–Crippen LogP) is 3.02. The van der Waals surface area contributed by atoms with Crippen molar-refractivity contribution < 1.29 is 4.79 Å². The average Bonchev–Trinajstić information content (AvgIpc) is 2.82. The van der Waals surface area contributed by atoms with E-state index in [0.717, 1.165) is 12.0 Å². The van der Waals surface area contributed by atoms with E-state index in [0.29, 0.717) is 12.2 Å². The number of anilines is 1. The van der Waals surface area contributed by atoms with Crippen LogP contribution in [0.15, 0.2) is 35.2 Å². The minimum absolute atomic E-state index is 0.0120. The van der Waals surface area contributed by atoms with Crippen LogP contribution in [0.25, 0.3) is 0 Å². The van der Waals surface area contributed by atoms with E-state index in [1.54, 1.807) is 17.5 Å². The van der Waals surface area contributed by atoms with Crippen LogP contribution in [0.1, 0.15) is 17.5 Å². The number of amides is 1. The number of pyridine rings is 1. The molecular formula is C13H14N2OS. The fourth-order valence-electron chi connectivity index (χ4n) is 1.50. The van der Waals surface area contributed by atoms with Crippen molar-refractivity contribution in [3.8, 4) is 0 Å². The zero-order valence-corrected chi connectivity index (χ0v) is 10.5. The first-order chi connectivity index (χ1) is 8.25. The zero-order valence-electron chi connectivity index (χ0n) is 9.64. The lowest BCUT2D eigenvalue weighted by Gasteiger charge is -2.06. The van der Waals surface area contributed by atoms with E-state index in [1.165, 1.54) is 5.56 Å². The first-order valence-corrected chi connectivity index (χ1v) is 6.42. The number of nitrogens with zero attached hydrogens (tertiary/aromatic N) is 1. The summed E-state index contributed by atoms with van der Waals surface area (Å²) in [7, 11) is 0. The van der Waals surface area contributed by atoms with Gasteiger partial charge in [0.05, 0.1) is 0 Å². The minimum Gasteiger partial charge on any atom is -0.310 e. The summed E-state index contributed by atoms with van der Waals surface area (Å²) in [6, 6.07) is 5.84. The molecule has 0 bridgehead atoms. The maximum atomic E-state index is 11.7. The number of hydrogen-bond acceptors (Lipinski definition) is 3. The number of carbonyl (C=O) groups is 1. The normalized spacial score (nSPS) is 10.2. The van der Waals surface area contributed by atoms with Crippen molar-refractivity contribution in [1.82, 2.24) is 4.98 Å². The summed E-state index contributed by atoms with van der Waals surface area (Å²) in [6.07, 6.45) is 2.95. The number of nitrogens with one attached hydrogen (secondary N) is 1. The second-order valence-corrected chi connectivity index (χ2v) is 4.63. The number of aryl methyl sites for hydroxylation is 2. The molecule has 2 aromatic heterocycles. The fraction of sp³-hybridized carbons (Fsp3) is 0.231. The zero-order chi connectivity index (χ0) is 12.1. The largest absolute Gasteiger partial charge is 0.310 e. The molecule has 0 radical (unpaired) electrons. The van der Waals surface area contributed by atoms with Crippen molar-refractivity contribution in [2.45, 2.75) is 19.8 Å². The lowest BCUT2D eigenvalue weighted by molar-refractivity contribution is -0.116. The predicted molar refractivity (Wildman–Crippen MR) is 70.2 cm³/mol. The van der Waals surface area contributed by atoms with Crippen LogP contribution in [0.5, 0.6) is 0 Å². The molecule has 2 heterocycles. The number of thiophene rings is 1. The molecule has 0 aliphatic carbocycles. The van der Waals surface area contributed by atoms with Gasteiger partial charge < -0.3 is 5.32 Å². The molecule has 0 fully saturated rings. The lowest BCUT2D eigenvalue weighted by Crippen LogP contribution is -2.14. The van der Waals surface area contributed by atoms with Gasteiger partial charge >= 0.3 is 0 Å². The summed E-state index contributed by atoms with van der Waals surface area (Å²) in [5.74, 6) is 0.667. The summed E-state index contributed by atoms with van der Waals surface area (Å²) in [6.45, 7) is 1.93. The molecule has 3 nitrogen and oxygen atoms in total. The Morgan fingerprint density at radius 3 is 3.06 bits per heavy atom. The van der Waals surface area contributed by atoms with Crippen molar-refractivity contribution in [2.24, 2.45) is 0 Å². The van der Waals surface area contributed by atoms with Gasteiger partial charge in [0.1, 0.15) is 5.82 Å². The van der Waals surface area contributed by atoms with Gasteiger partial charge in [-0.05, 0) is 47.4 Å². The van der Waals surface area contributed by atoms with Crippen LogP contribution < -0.4 is 5.32 Å². The summed E-state index contributed by atoms with van der Waals surface area (Å²) < 4.78 is 0. The Morgan fingerprint density at radius 1 is 1.47 bits per heavy atom. The van der Waals surface area contributed by atoms with Crippen LogP contribution >= 0.6 is 11.3 Å². The van der Waals surface area contributed by atoms with Gasteiger partial charge in [-0.3, -0.25) is 4.79 Å². The van der Waals surface area contributed by atoms with Crippen molar-refractivity contribution >= 4 is 23.1 Å². The maximum Gasteiger partial charge on any atom is 0.225 e. The molecule has 4 heteroatoms. The molecule has 0 saturated heterocycles. The molecule has 0 spiro atoms. The Bertz CT molecular complexity index is 494. The number of carbonyl (C=O) groups excluding carboxylic acids is 1. The molecule has 17 heavy (non-hydrogen) atoms. The van der Waals surface area contributed by atoms with Gasteiger partial charge in [0.2, 0.25) is 5.91 Å². The van der Waals surface area contributed by atoms with Crippen LogP contribution in [0, 0.1) is 6.92 Å². The van der Waals surface area contributed by atoms with Crippen LogP contribution in [-0.2, 0) is 11.2 Å². The third kappa shape index (κ3) is 3.39. The van der Waals surface area contributed by atoms with Crippen LogP contribution in [0.3, 0.4) is 0 Å². The first-order valence-electron chi connectivity index (χ1n) is 5.48. The Hall–Kier alpha value is -1.68. The van der Waals surface area contributed by atoms with E-state index in [9.17, 15) is 4.79 Å². The molecule has 2 aromatic rings. The highest BCUT2D eigenvalue weighted by atomic mass is 32.1. The molecule has 0 atom stereocenters. The molecular weight excluding hydrogens is 232 g/mol. The third-order valence-electron chi connectivity index (χ3n) is 2.49.